The molecule has 2 aromatic rings. The molecule has 2 aromatic heterocycles. The second kappa shape index (κ2) is 5.23. The maximum atomic E-state index is 4.42. The third-order valence-corrected chi connectivity index (χ3v) is 3.17. The number of nitrogens with zero attached hydrogens (tertiary/aromatic N) is 3. The van der Waals surface area contributed by atoms with Gasteiger partial charge in [0.15, 0.2) is 0 Å². The zero-order valence-electron chi connectivity index (χ0n) is 10.3. The normalized spacial score (nSPS) is 10.8. The fourth-order valence-electron chi connectivity index (χ4n) is 1.40. The topological polar surface area (TPSA) is 50.7 Å². The van der Waals surface area contributed by atoms with Gasteiger partial charge in [0, 0.05) is 23.6 Å². The van der Waals surface area contributed by atoms with Crippen LogP contribution >= 0.6 is 11.5 Å². The number of aryl methyl sites for hydroxylation is 1. The molecule has 0 radical (unpaired) electrons. The highest BCUT2D eigenvalue weighted by Crippen LogP contribution is 2.18. The fourth-order valence-corrected chi connectivity index (χ4v) is 2.11. The lowest BCUT2D eigenvalue weighted by Crippen LogP contribution is -2.03. The second-order valence-electron chi connectivity index (χ2n) is 4.23. The number of aromatic nitrogens is 3. The van der Waals surface area contributed by atoms with Crippen LogP contribution in [0.4, 0.5) is 5.13 Å². The summed E-state index contributed by atoms with van der Waals surface area (Å²) in [4.78, 5) is 8.75. The summed E-state index contributed by atoms with van der Waals surface area (Å²) in [5, 5.41) is 4.12. The van der Waals surface area contributed by atoms with Crippen LogP contribution in [-0.2, 0) is 6.54 Å². The van der Waals surface area contributed by atoms with Gasteiger partial charge in [-0.15, -0.1) is 0 Å². The lowest BCUT2D eigenvalue weighted by Gasteiger charge is -2.04. The fraction of sp³-hybridized carbons (Fsp3) is 0.417. The van der Waals surface area contributed by atoms with Gasteiger partial charge in [0.25, 0.3) is 0 Å². The predicted molar refractivity (Wildman–Crippen MR) is 70.3 cm³/mol. The number of rotatable bonds is 4. The van der Waals surface area contributed by atoms with Crippen LogP contribution in [-0.4, -0.2) is 14.3 Å². The van der Waals surface area contributed by atoms with Gasteiger partial charge < -0.3 is 5.32 Å². The summed E-state index contributed by atoms with van der Waals surface area (Å²) in [6.45, 7) is 6.94. The van der Waals surface area contributed by atoms with Crippen LogP contribution in [0.25, 0.3) is 0 Å². The first-order valence-electron chi connectivity index (χ1n) is 5.65. The van der Waals surface area contributed by atoms with Crippen molar-refractivity contribution in [3.8, 4) is 0 Å². The molecule has 0 bridgehead atoms. The molecule has 2 heterocycles. The van der Waals surface area contributed by atoms with Crippen LogP contribution in [0.15, 0.2) is 18.3 Å². The van der Waals surface area contributed by atoms with Crippen LogP contribution in [0.2, 0.25) is 0 Å². The van der Waals surface area contributed by atoms with Crippen LogP contribution < -0.4 is 5.32 Å². The van der Waals surface area contributed by atoms with Crippen LogP contribution in [0.5, 0.6) is 0 Å². The van der Waals surface area contributed by atoms with Crippen molar-refractivity contribution in [3.05, 3.63) is 35.4 Å². The molecule has 0 amide bonds. The lowest BCUT2D eigenvalue weighted by atomic mass is 10.2. The van der Waals surface area contributed by atoms with Gasteiger partial charge in [0.05, 0.1) is 12.2 Å². The van der Waals surface area contributed by atoms with Gasteiger partial charge in [-0.2, -0.15) is 4.37 Å². The van der Waals surface area contributed by atoms with E-state index in [1.54, 1.807) is 0 Å². The molecule has 1 N–H and O–H groups in total. The van der Waals surface area contributed by atoms with Crippen molar-refractivity contribution in [2.45, 2.75) is 33.2 Å². The van der Waals surface area contributed by atoms with Crippen molar-refractivity contribution in [1.29, 1.82) is 0 Å². The molecular weight excluding hydrogens is 232 g/mol. The van der Waals surface area contributed by atoms with Crippen molar-refractivity contribution in [3.63, 3.8) is 0 Å². The van der Waals surface area contributed by atoms with Gasteiger partial charge in [-0.25, -0.2) is 4.98 Å². The number of pyridine rings is 1. The van der Waals surface area contributed by atoms with Gasteiger partial charge in [0.2, 0.25) is 5.13 Å². The van der Waals surface area contributed by atoms with E-state index in [2.05, 4.69) is 46.5 Å². The molecule has 0 spiro atoms. The highest BCUT2D eigenvalue weighted by atomic mass is 32.1. The molecule has 0 unspecified atom stereocenters. The lowest BCUT2D eigenvalue weighted by molar-refractivity contribution is 0.799. The summed E-state index contributed by atoms with van der Waals surface area (Å²) in [5.41, 5.74) is 2.24. The number of hydrogen-bond acceptors (Lipinski definition) is 5. The first kappa shape index (κ1) is 12.0. The summed E-state index contributed by atoms with van der Waals surface area (Å²) in [6, 6.07) is 4.00. The summed E-state index contributed by atoms with van der Waals surface area (Å²) in [5.74, 6) is 1.27. The van der Waals surface area contributed by atoms with Crippen molar-refractivity contribution in [2.75, 3.05) is 5.32 Å². The van der Waals surface area contributed by atoms with Crippen molar-refractivity contribution >= 4 is 16.7 Å². The molecule has 0 aromatic carbocycles. The summed E-state index contributed by atoms with van der Waals surface area (Å²) >= 11 is 1.40. The number of anilines is 1. The Kier molecular flexibility index (Phi) is 3.68. The monoisotopic (exact) mass is 248 g/mol. The maximum Gasteiger partial charge on any atom is 0.202 e. The average molecular weight is 248 g/mol. The summed E-state index contributed by atoms with van der Waals surface area (Å²) in [7, 11) is 0. The van der Waals surface area contributed by atoms with Crippen molar-refractivity contribution < 1.29 is 0 Å². The molecule has 0 aliphatic heterocycles. The molecular formula is C12H16N4S. The molecule has 4 nitrogen and oxygen atoms in total. The molecule has 17 heavy (non-hydrogen) atoms. The molecule has 0 atom stereocenters. The highest BCUT2D eigenvalue weighted by molar-refractivity contribution is 7.09. The largest absolute Gasteiger partial charge is 0.355 e. The Balaban J connectivity index is 2.00. The van der Waals surface area contributed by atoms with E-state index in [9.17, 15) is 0 Å². The SMILES string of the molecule is Cc1cccnc1CNc1nc(C(C)C)ns1. The second-order valence-corrected chi connectivity index (χ2v) is 4.98. The van der Waals surface area contributed by atoms with Gasteiger partial charge in [-0.3, -0.25) is 4.98 Å². The third kappa shape index (κ3) is 3.00. The predicted octanol–water partition coefficient (Wildman–Crippen LogP) is 2.98. The zero-order chi connectivity index (χ0) is 12.3. The Hall–Kier alpha value is -1.49. The van der Waals surface area contributed by atoms with E-state index in [1.807, 2.05) is 12.3 Å². The summed E-state index contributed by atoms with van der Waals surface area (Å²) in [6.07, 6.45) is 1.81. The average Bonchev–Trinajstić information content (AvgIpc) is 2.77. The number of hydrogen-bond donors (Lipinski definition) is 1. The first-order valence-corrected chi connectivity index (χ1v) is 6.42. The van der Waals surface area contributed by atoms with E-state index < -0.39 is 0 Å². The highest BCUT2D eigenvalue weighted by Gasteiger charge is 2.07. The summed E-state index contributed by atoms with van der Waals surface area (Å²) < 4.78 is 4.30. The van der Waals surface area contributed by atoms with E-state index >= 15 is 0 Å². The molecule has 0 aliphatic carbocycles. The molecule has 90 valence electrons. The number of nitrogens with one attached hydrogen (secondary N) is 1. The van der Waals surface area contributed by atoms with Crippen LogP contribution in [0.1, 0.15) is 36.8 Å². The van der Waals surface area contributed by atoms with E-state index in [1.165, 1.54) is 17.1 Å². The first-order chi connectivity index (χ1) is 8.16. The molecule has 0 aliphatic rings. The zero-order valence-corrected chi connectivity index (χ0v) is 11.1. The smallest absolute Gasteiger partial charge is 0.202 e. The van der Waals surface area contributed by atoms with E-state index in [-0.39, 0.29) is 0 Å². The van der Waals surface area contributed by atoms with Crippen LogP contribution in [0.3, 0.4) is 0 Å². The van der Waals surface area contributed by atoms with Gasteiger partial charge in [0.1, 0.15) is 5.82 Å². The Morgan fingerprint density at radius 1 is 1.41 bits per heavy atom. The van der Waals surface area contributed by atoms with E-state index in [4.69, 9.17) is 0 Å². The molecule has 5 heteroatoms. The molecule has 0 saturated heterocycles. The van der Waals surface area contributed by atoms with E-state index in [0.29, 0.717) is 12.5 Å². The Bertz CT molecular complexity index is 493. The van der Waals surface area contributed by atoms with Gasteiger partial charge >= 0.3 is 0 Å². The molecule has 0 saturated carbocycles. The maximum absolute atomic E-state index is 4.42. The minimum atomic E-state index is 0.374. The van der Waals surface area contributed by atoms with Gasteiger partial charge in [-0.05, 0) is 18.6 Å². The Labute approximate surface area is 105 Å². The van der Waals surface area contributed by atoms with Gasteiger partial charge in [-0.1, -0.05) is 19.9 Å². The van der Waals surface area contributed by atoms with Crippen molar-refractivity contribution in [2.24, 2.45) is 0 Å². The van der Waals surface area contributed by atoms with E-state index in [0.717, 1.165) is 16.6 Å². The Morgan fingerprint density at radius 2 is 2.24 bits per heavy atom. The van der Waals surface area contributed by atoms with Crippen molar-refractivity contribution in [1.82, 2.24) is 14.3 Å². The quantitative estimate of drug-likeness (QED) is 0.903. The Morgan fingerprint density at radius 3 is 2.88 bits per heavy atom. The van der Waals surface area contributed by atoms with Crippen LogP contribution in [0, 0.1) is 6.92 Å². The molecule has 2 rings (SSSR count). The molecule has 0 fully saturated rings. The minimum Gasteiger partial charge on any atom is -0.355 e. The standard InChI is InChI=1S/C12H16N4S/c1-8(2)11-15-12(17-16-11)14-7-10-9(3)5-4-6-13-10/h4-6,8H,7H2,1-3H3,(H,14,15,16). The third-order valence-electron chi connectivity index (χ3n) is 2.48. The minimum absolute atomic E-state index is 0.374.